The van der Waals surface area contributed by atoms with Crippen LogP contribution in [0.25, 0.3) is 0 Å². The van der Waals surface area contributed by atoms with Gasteiger partial charge in [0.05, 0.1) is 5.56 Å². The van der Waals surface area contributed by atoms with Crippen molar-refractivity contribution < 1.29 is 9.59 Å². The van der Waals surface area contributed by atoms with Crippen molar-refractivity contribution in [1.82, 2.24) is 14.8 Å². The van der Waals surface area contributed by atoms with Gasteiger partial charge in [-0.25, -0.2) is 4.98 Å². The molecule has 1 aromatic carbocycles. The van der Waals surface area contributed by atoms with Gasteiger partial charge in [-0.15, -0.1) is 0 Å². The molecule has 35 heavy (non-hydrogen) atoms. The van der Waals surface area contributed by atoms with Gasteiger partial charge >= 0.3 is 0 Å². The van der Waals surface area contributed by atoms with Gasteiger partial charge in [0, 0.05) is 75.2 Å². The van der Waals surface area contributed by atoms with Crippen LogP contribution in [0.15, 0.2) is 42.6 Å². The van der Waals surface area contributed by atoms with E-state index in [1.807, 2.05) is 35.2 Å². The minimum Gasteiger partial charge on any atom is -0.368 e. The summed E-state index contributed by atoms with van der Waals surface area (Å²) in [6, 6.07) is 12.2. The average molecular weight is 494 g/mol. The van der Waals surface area contributed by atoms with E-state index in [1.54, 1.807) is 6.20 Å². The van der Waals surface area contributed by atoms with Crippen molar-refractivity contribution in [3.63, 3.8) is 0 Å². The van der Waals surface area contributed by atoms with Gasteiger partial charge in [0.2, 0.25) is 5.91 Å². The SMILES string of the molecule is O=C(c1ccc(N2C[C@H]3C[C@H](C2)[C@H]2CCCC(=O)N2C3)nc1)N1CCN(c2cccc(Cl)c2)CC1. The van der Waals surface area contributed by atoms with E-state index in [4.69, 9.17) is 16.6 Å². The predicted octanol–water partition coefficient (Wildman–Crippen LogP) is 3.53. The van der Waals surface area contributed by atoms with Crippen LogP contribution in [-0.4, -0.2) is 78.5 Å². The number of benzene rings is 1. The summed E-state index contributed by atoms with van der Waals surface area (Å²) in [5.41, 5.74) is 1.74. The first-order valence-corrected chi connectivity index (χ1v) is 13.2. The monoisotopic (exact) mass is 493 g/mol. The van der Waals surface area contributed by atoms with E-state index in [2.05, 4.69) is 20.8 Å². The lowest BCUT2D eigenvalue weighted by Gasteiger charge is -2.52. The maximum Gasteiger partial charge on any atom is 0.255 e. The molecule has 4 saturated heterocycles. The lowest BCUT2D eigenvalue weighted by atomic mass is 9.76. The maximum atomic E-state index is 13.1. The van der Waals surface area contributed by atoms with Gasteiger partial charge in [0.25, 0.3) is 5.91 Å². The van der Waals surface area contributed by atoms with Gasteiger partial charge < -0.3 is 19.6 Å². The Labute approximate surface area is 211 Å². The molecule has 2 aromatic rings. The third-order valence-corrected chi connectivity index (χ3v) is 8.47. The molecule has 0 N–H and O–H groups in total. The molecule has 7 nitrogen and oxygen atoms in total. The topological polar surface area (TPSA) is 60.0 Å². The number of carbonyl (C=O) groups excluding carboxylic acids is 2. The first kappa shape index (κ1) is 22.7. The number of rotatable bonds is 3. The van der Waals surface area contributed by atoms with Crippen molar-refractivity contribution >= 4 is 34.9 Å². The third-order valence-electron chi connectivity index (χ3n) is 8.24. The molecule has 184 valence electrons. The standard InChI is InChI=1S/C27H32ClN5O2/c28-22-3-1-4-23(14-22)30-9-11-31(12-10-30)27(35)20-7-8-25(29-15-20)32-16-19-13-21(18-32)24-5-2-6-26(34)33(24)17-19/h1,3-4,7-8,14-15,19,21,24H,2,5-6,9-13,16-18H2/t19-,21-,24-/m1/s1. The van der Waals surface area contributed by atoms with Gasteiger partial charge in [0.15, 0.2) is 0 Å². The minimum absolute atomic E-state index is 0.0432. The molecule has 0 radical (unpaired) electrons. The molecule has 2 amide bonds. The number of hydrogen-bond acceptors (Lipinski definition) is 5. The second-order valence-corrected chi connectivity index (χ2v) is 10.9. The van der Waals surface area contributed by atoms with E-state index >= 15 is 0 Å². The van der Waals surface area contributed by atoms with E-state index < -0.39 is 0 Å². The van der Waals surface area contributed by atoms with Gasteiger partial charge in [-0.3, -0.25) is 9.59 Å². The van der Waals surface area contributed by atoms with Gasteiger partial charge in [-0.2, -0.15) is 0 Å². The normalized spacial score (nSPS) is 26.5. The molecule has 4 aliphatic heterocycles. The predicted molar refractivity (Wildman–Crippen MR) is 137 cm³/mol. The van der Waals surface area contributed by atoms with Crippen LogP contribution >= 0.6 is 11.6 Å². The second-order valence-electron chi connectivity index (χ2n) is 10.4. The van der Waals surface area contributed by atoms with Gasteiger partial charge in [-0.05, 0) is 61.4 Å². The summed E-state index contributed by atoms with van der Waals surface area (Å²) < 4.78 is 0. The molecule has 1 aromatic heterocycles. The van der Waals surface area contributed by atoms with Crippen LogP contribution in [0, 0.1) is 11.8 Å². The largest absolute Gasteiger partial charge is 0.368 e. The molecule has 8 heteroatoms. The molecule has 3 atom stereocenters. The lowest BCUT2D eigenvalue weighted by molar-refractivity contribution is -0.142. The van der Waals surface area contributed by atoms with E-state index in [-0.39, 0.29) is 5.91 Å². The van der Waals surface area contributed by atoms with E-state index in [9.17, 15) is 9.59 Å². The molecular weight excluding hydrogens is 462 g/mol. The summed E-state index contributed by atoms with van der Waals surface area (Å²) in [5, 5.41) is 0.731. The first-order chi connectivity index (χ1) is 17.0. The smallest absolute Gasteiger partial charge is 0.255 e. The van der Waals surface area contributed by atoms with Crippen LogP contribution < -0.4 is 9.80 Å². The van der Waals surface area contributed by atoms with Crippen LogP contribution in [-0.2, 0) is 4.79 Å². The van der Waals surface area contributed by atoms with Crippen molar-refractivity contribution in [1.29, 1.82) is 0 Å². The van der Waals surface area contributed by atoms with Crippen molar-refractivity contribution in [3.05, 3.63) is 53.2 Å². The van der Waals surface area contributed by atoms with Crippen LogP contribution in [0.5, 0.6) is 0 Å². The molecule has 4 fully saturated rings. The Kier molecular flexibility index (Phi) is 6.04. The quantitative estimate of drug-likeness (QED) is 0.654. The zero-order valence-electron chi connectivity index (χ0n) is 20.0. The Hall–Kier alpha value is -2.80. The van der Waals surface area contributed by atoms with E-state index in [1.165, 1.54) is 6.42 Å². The van der Waals surface area contributed by atoms with Crippen molar-refractivity contribution in [2.24, 2.45) is 11.8 Å². The highest BCUT2D eigenvalue weighted by Gasteiger charge is 2.44. The Bertz CT molecular complexity index is 1100. The molecule has 6 rings (SSSR count). The molecule has 0 saturated carbocycles. The number of amides is 2. The summed E-state index contributed by atoms with van der Waals surface area (Å²) in [6.07, 6.45) is 5.81. The number of fused-ring (bicyclic) bond motifs is 4. The first-order valence-electron chi connectivity index (χ1n) is 12.9. The van der Waals surface area contributed by atoms with Crippen LogP contribution in [0.1, 0.15) is 36.0 Å². The molecule has 0 aliphatic carbocycles. The number of piperidine rings is 3. The molecular formula is C27H32ClN5O2. The van der Waals surface area contributed by atoms with Gasteiger partial charge in [-0.1, -0.05) is 17.7 Å². The average Bonchev–Trinajstić information content (AvgIpc) is 2.89. The Balaban J connectivity index is 1.08. The fourth-order valence-electron chi connectivity index (χ4n) is 6.52. The number of halogens is 1. The molecule has 0 unspecified atom stereocenters. The van der Waals surface area contributed by atoms with Crippen molar-refractivity contribution in [3.8, 4) is 0 Å². The van der Waals surface area contributed by atoms with Crippen LogP contribution in [0.3, 0.4) is 0 Å². The van der Waals surface area contributed by atoms with E-state index in [0.29, 0.717) is 48.9 Å². The fourth-order valence-corrected chi connectivity index (χ4v) is 6.70. The minimum atomic E-state index is 0.0432. The fraction of sp³-hybridized carbons (Fsp3) is 0.519. The number of pyridine rings is 1. The summed E-state index contributed by atoms with van der Waals surface area (Å²) in [4.78, 5) is 39.0. The summed E-state index contributed by atoms with van der Waals surface area (Å²) in [7, 11) is 0. The Morgan fingerprint density at radius 2 is 1.86 bits per heavy atom. The number of anilines is 2. The zero-order valence-corrected chi connectivity index (χ0v) is 20.7. The second kappa shape index (κ2) is 9.34. The van der Waals surface area contributed by atoms with Crippen LogP contribution in [0.2, 0.25) is 5.02 Å². The van der Waals surface area contributed by atoms with Crippen LogP contribution in [0.4, 0.5) is 11.5 Å². The third kappa shape index (κ3) is 4.46. The van der Waals surface area contributed by atoms with E-state index in [0.717, 1.165) is 62.1 Å². The summed E-state index contributed by atoms with van der Waals surface area (Å²) >= 11 is 6.14. The zero-order chi connectivity index (χ0) is 23.9. The molecule has 4 aliphatic rings. The number of hydrogen-bond donors (Lipinski definition) is 0. The molecule has 0 spiro atoms. The van der Waals surface area contributed by atoms with Crippen molar-refractivity contribution in [2.75, 3.05) is 55.6 Å². The number of carbonyl (C=O) groups is 2. The number of aromatic nitrogens is 1. The van der Waals surface area contributed by atoms with Gasteiger partial charge in [0.1, 0.15) is 5.82 Å². The Morgan fingerprint density at radius 1 is 1.00 bits per heavy atom. The lowest BCUT2D eigenvalue weighted by Crippen LogP contribution is -2.60. The highest BCUT2D eigenvalue weighted by Crippen LogP contribution is 2.39. The summed E-state index contributed by atoms with van der Waals surface area (Å²) in [6.45, 7) is 5.69. The number of nitrogens with zero attached hydrogens (tertiary/aromatic N) is 5. The maximum absolute atomic E-state index is 13.1. The molecule has 2 bridgehead atoms. The Morgan fingerprint density at radius 3 is 2.63 bits per heavy atom. The highest BCUT2D eigenvalue weighted by atomic mass is 35.5. The highest BCUT2D eigenvalue weighted by molar-refractivity contribution is 6.30. The number of piperazine rings is 1. The summed E-state index contributed by atoms with van der Waals surface area (Å²) in [5.74, 6) is 2.36. The van der Waals surface area contributed by atoms with Crippen molar-refractivity contribution in [2.45, 2.75) is 31.7 Å². The molecule has 5 heterocycles.